The van der Waals surface area contributed by atoms with Gasteiger partial charge < -0.3 is 5.32 Å². The van der Waals surface area contributed by atoms with Gasteiger partial charge in [-0.3, -0.25) is 24.3 Å². The Morgan fingerprint density at radius 2 is 2.00 bits per heavy atom. The maximum absolute atomic E-state index is 12.4. The average Bonchev–Trinajstić information content (AvgIpc) is 2.95. The zero-order valence-electron chi connectivity index (χ0n) is 14.3. The molecule has 1 aliphatic rings. The minimum atomic E-state index is -0.346. The van der Waals surface area contributed by atoms with Gasteiger partial charge in [-0.25, -0.2) is 0 Å². The summed E-state index contributed by atoms with van der Waals surface area (Å²) in [5.74, 6) is -0.198. The van der Waals surface area contributed by atoms with Gasteiger partial charge in [-0.2, -0.15) is 0 Å². The van der Waals surface area contributed by atoms with Crippen LogP contribution >= 0.6 is 23.5 Å². The zero-order valence-corrected chi connectivity index (χ0v) is 16.0. The Bertz CT molecular complexity index is 857. The molecule has 138 valence electrons. The van der Waals surface area contributed by atoms with E-state index in [-0.39, 0.29) is 35.9 Å². The molecule has 0 atom stereocenters. The van der Waals surface area contributed by atoms with E-state index >= 15 is 0 Å². The van der Waals surface area contributed by atoms with Crippen LogP contribution in [0.1, 0.15) is 5.56 Å². The van der Waals surface area contributed by atoms with Crippen molar-refractivity contribution in [1.82, 2.24) is 15.2 Å². The van der Waals surface area contributed by atoms with Crippen LogP contribution in [0.2, 0.25) is 0 Å². The van der Waals surface area contributed by atoms with E-state index in [1.165, 1.54) is 11.8 Å². The number of carbonyl (C=O) groups is 3. The molecule has 1 saturated heterocycles. The van der Waals surface area contributed by atoms with E-state index in [1.54, 1.807) is 24.5 Å². The smallest absolute Gasteiger partial charge is 0.293 e. The van der Waals surface area contributed by atoms with Crippen LogP contribution in [0.5, 0.6) is 0 Å². The molecule has 0 spiro atoms. The Hall–Kier alpha value is -2.58. The highest BCUT2D eigenvalue weighted by Crippen LogP contribution is 2.31. The number of hydrogen-bond donors (Lipinski definition) is 1. The van der Waals surface area contributed by atoms with Gasteiger partial charge in [0.25, 0.3) is 11.1 Å². The van der Waals surface area contributed by atoms with Crippen molar-refractivity contribution in [3.8, 4) is 0 Å². The van der Waals surface area contributed by atoms with Gasteiger partial charge in [0, 0.05) is 30.4 Å². The van der Waals surface area contributed by atoms with Crippen LogP contribution < -0.4 is 5.32 Å². The highest BCUT2D eigenvalue weighted by atomic mass is 32.2. The maximum atomic E-state index is 12.4. The van der Waals surface area contributed by atoms with Crippen molar-refractivity contribution in [2.24, 2.45) is 0 Å². The van der Waals surface area contributed by atoms with Crippen molar-refractivity contribution in [2.45, 2.75) is 4.90 Å². The zero-order chi connectivity index (χ0) is 19.1. The fourth-order valence-corrected chi connectivity index (χ4v) is 3.94. The van der Waals surface area contributed by atoms with Crippen LogP contribution in [-0.2, 0) is 9.59 Å². The number of rotatable bonds is 7. The molecule has 2 heterocycles. The van der Waals surface area contributed by atoms with Crippen LogP contribution in [0.4, 0.5) is 4.79 Å². The largest absolute Gasteiger partial charge is 0.354 e. The van der Waals surface area contributed by atoms with Gasteiger partial charge in [0.05, 0.1) is 10.7 Å². The van der Waals surface area contributed by atoms with Crippen molar-refractivity contribution >= 4 is 46.7 Å². The van der Waals surface area contributed by atoms with Gasteiger partial charge in [-0.15, -0.1) is 11.8 Å². The van der Waals surface area contributed by atoms with Gasteiger partial charge in [-0.05, 0) is 41.6 Å². The third kappa shape index (κ3) is 5.45. The highest BCUT2D eigenvalue weighted by Gasteiger charge is 2.34. The lowest BCUT2D eigenvalue weighted by atomic mass is 10.2. The minimum Gasteiger partial charge on any atom is -0.354 e. The molecule has 1 fully saturated rings. The van der Waals surface area contributed by atoms with E-state index in [4.69, 9.17) is 0 Å². The number of pyridine rings is 1. The molecular weight excluding hydrogens is 382 g/mol. The van der Waals surface area contributed by atoms with E-state index < -0.39 is 0 Å². The number of imide groups is 1. The molecule has 3 rings (SSSR count). The summed E-state index contributed by atoms with van der Waals surface area (Å²) in [5.41, 5.74) is 0.759. The molecule has 1 aromatic heterocycles. The molecule has 0 radical (unpaired) electrons. The number of hydrogen-bond acceptors (Lipinski definition) is 6. The Balaban J connectivity index is 1.46. The number of nitrogens with one attached hydrogen (secondary N) is 1. The summed E-state index contributed by atoms with van der Waals surface area (Å²) >= 11 is 2.33. The molecular formula is C19H17N3O3S2. The number of benzene rings is 1. The monoisotopic (exact) mass is 399 g/mol. The Morgan fingerprint density at radius 1 is 1.19 bits per heavy atom. The molecule has 3 amide bonds. The van der Waals surface area contributed by atoms with Crippen molar-refractivity contribution in [1.29, 1.82) is 0 Å². The molecule has 1 aromatic carbocycles. The number of carbonyl (C=O) groups excluding carboxylic acids is 3. The van der Waals surface area contributed by atoms with Crippen molar-refractivity contribution in [3.63, 3.8) is 0 Å². The average molecular weight is 399 g/mol. The van der Waals surface area contributed by atoms with Gasteiger partial charge in [0.15, 0.2) is 0 Å². The number of amides is 3. The second-order valence-electron chi connectivity index (χ2n) is 5.57. The van der Waals surface area contributed by atoms with Crippen LogP contribution in [0.25, 0.3) is 6.08 Å². The highest BCUT2D eigenvalue weighted by molar-refractivity contribution is 8.18. The normalized spacial score (nSPS) is 15.4. The fraction of sp³-hybridized carbons (Fsp3) is 0.158. The van der Waals surface area contributed by atoms with E-state index in [1.807, 2.05) is 36.4 Å². The van der Waals surface area contributed by atoms with E-state index in [0.717, 1.165) is 27.1 Å². The van der Waals surface area contributed by atoms with Crippen LogP contribution in [-0.4, -0.2) is 45.8 Å². The number of thioether (sulfide) groups is 2. The third-order valence-electron chi connectivity index (χ3n) is 3.63. The van der Waals surface area contributed by atoms with Gasteiger partial charge in [-0.1, -0.05) is 24.3 Å². The summed E-state index contributed by atoms with van der Waals surface area (Å²) in [4.78, 5) is 42.9. The SMILES string of the molecule is O=C(CSc1ccccc1)NCCN1C(=O)SC(=Cc2cccnc2)C1=O. The molecule has 0 unspecified atom stereocenters. The van der Waals surface area contributed by atoms with Crippen molar-refractivity contribution in [3.05, 3.63) is 65.3 Å². The van der Waals surface area contributed by atoms with Crippen molar-refractivity contribution in [2.75, 3.05) is 18.8 Å². The molecule has 6 nitrogen and oxygen atoms in total. The van der Waals surface area contributed by atoms with E-state index in [0.29, 0.717) is 4.91 Å². The molecule has 0 saturated carbocycles. The first-order valence-electron chi connectivity index (χ1n) is 8.23. The van der Waals surface area contributed by atoms with E-state index in [2.05, 4.69) is 10.3 Å². The van der Waals surface area contributed by atoms with Crippen molar-refractivity contribution < 1.29 is 14.4 Å². The van der Waals surface area contributed by atoms with Crippen LogP contribution in [0, 0.1) is 0 Å². The first-order chi connectivity index (χ1) is 13.1. The van der Waals surface area contributed by atoms with Gasteiger partial charge in [0.2, 0.25) is 5.91 Å². The molecule has 1 aliphatic heterocycles. The van der Waals surface area contributed by atoms with Crippen LogP contribution in [0.3, 0.4) is 0 Å². The minimum absolute atomic E-state index is 0.137. The summed E-state index contributed by atoms with van der Waals surface area (Å²) in [6, 6.07) is 13.2. The predicted molar refractivity (Wildman–Crippen MR) is 107 cm³/mol. The standard InChI is InChI=1S/C19H17N3O3S2/c23-17(13-26-15-6-2-1-3-7-15)21-9-10-22-18(24)16(27-19(22)25)11-14-5-4-8-20-12-14/h1-8,11-12H,9-10,13H2,(H,21,23). The lowest BCUT2D eigenvalue weighted by molar-refractivity contribution is -0.123. The second kappa shape index (κ2) is 9.38. The van der Waals surface area contributed by atoms with Gasteiger partial charge >= 0.3 is 0 Å². The van der Waals surface area contributed by atoms with Gasteiger partial charge in [0.1, 0.15) is 0 Å². The summed E-state index contributed by atoms with van der Waals surface area (Å²) in [5, 5.41) is 2.41. The molecule has 0 aliphatic carbocycles. The number of nitrogens with zero attached hydrogens (tertiary/aromatic N) is 2. The lowest BCUT2D eigenvalue weighted by Gasteiger charge is -2.12. The topological polar surface area (TPSA) is 79.4 Å². The predicted octanol–water partition coefficient (Wildman–Crippen LogP) is 3.03. The maximum Gasteiger partial charge on any atom is 0.293 e. The fourth-order valence-electron chi connectivity index (χ4n) is 2.33. The number of aromatic nitrogens is 1. The van der Waals surface area contributed by atoms with Crippen LogP contribution in [0.15, 0.2) is 64.7 Å². The second-order valence-corrected chi connectivity index (χ2v) is 7.61. The Labute approximate surface area is 165 Å². The first-order valence-corrected chi connectivity index (χ1v) is 10.0. The third-order valence-corrected chi connectivity index (χ3v) is 5.55. The molecule has 27 heavy (non-hydrogen) atoms. The molecule has 1 N–H and O–H groups in total. The molecule has 8 heteroatoms. The first kappa shape index (κ1) is 19.2. The Kier molecular flexibility index (Phi) is 6.67. The Morgan fingerprint density at radius 3 is 2.74 bits per heavy atom. The lowest BCUT2D eigenvalue weighted by Crippen LogP contribution is -2.37. The quantitative estimate of drug-likeness (QED) is 0.570. The van der Waals surface area contributed by atoms with E-state index in [9.17, 15) is 14.4 Å². The molecule has 2 aromatic rings. The summed E-state index contributed by atoms with van der Waals surface area (Å²) < 4.78 is 0. The summed E-state index contributed by atoms with van der Waals surface area (Å²) in [7, 11) is 0. The summed E-state index contributed by atoms with van der Waals surface area (Å²) in [6.07, 6.45) is 4.91. The molecule has 0 bridgehead atoms. The summed E-state index contributed by atoms with van der Waals surface area (Å²) in [6.45, 7) is 0.378.